The van der Waals surface area contributed by atoms with Gasteiger partial charge in [0.15, 0.2) is 0 Å². The first-order chi connectivity index (χ1) is 10.1. The molecule has 0 aliphatic heterocycles. The molecule has 0 spiro atoms. The van der Waals surface area contributed by atoms with Crippen LogP contribution in [-0.4, -0.2) is 19.3 Å². The number of nitrogens with zero attached hydrogens (tertiary/aromatic N) is 4. The average molecular weight is 287 g/mol. The van der Waals surface area contributed by atoms with E-state index in [1.807, 2.05) is 24.9 Å². The third kappa shape index (κ3) is 2.45. The molecule has 0 aromatic carbocycles. The summed E-state index contributed by atoms with van der Waals surface area (Å²) in [7, 11) is 1.94. The third-order valence-electron chi connectivity index (χ3n) is 4.47. The minimum Gasteiger partial charge on any atom is -0.383 e. The van der Waals surface area contributed by atoms with Gasteiger partial charge in [0.05, 0.1) is 5.69 Å². The van der Waals surface area contributed by atoms with Crippen LogP contribution in [-0.2, 0) is 13.6 Å². The lowest BCUT2D eigenvalue weighted by Gasteiger charge is -2.12. The number of imidazole rings is 1. The quantitative estimate of drug-likeness (QED) is 0.939. The van der Waals surface area contributed by atoms with E-state index in [-0.39, 0.29) is 0 Å². The van der Waals surface area contributed by atoms with Crippen molar-refractivity contribution in [3.8, 4) is 11.3 Å². The fourth-order valence-electron chi connectivity index (χ4n) is 3.47. The van der Waals surface area contributed by atoms with Gasteiger partial charge in [-0.25, -0.2) is 4.98 Å². The highest BCUT2D eigenvalue weighted by Crippen LogP contribution is 2.38. The van der Waals surface area contributed by atoms with Gasteiger partial charge in [-0.15, -0.1) is 0 Å². The number of anilines is 1. The molecule has 0 amide bonds. The van der Waals surface area contributed by atoms with E-state index >= 15 is 0 Å². The second-order valence-electron chi connectivity index (χ2n) is 6.14. The van der Waals surface area contributed by atoms with Crippen LogP contribution in [0.25, 0.3) is 11.3 Å². The van der Waals surface area contributed by atoms with E-state index in [2.05, 4.69) is 16.6 Å². The van der Waals surface area contributed by atoms with Crippen molar-refractivity contribution in [2.75, 3.05) is 5.73 Å². The molecule has 0 bridgehead atoms. The van der Waals surface area contributed by atoms with Crippen LogP contribution in [0.4, 0.5) is 5.82 Å². The summed E-state index contributed by atoms with van der Waals surface area (Å²) in [6, 6.07) is 0. The van der Waals surface area contributed by atoms with Crippen LogP contribution in [0.1, 0.15) is 56.5 Å². The molecule has 114 valence electrons. The van der Waals surface area contributed by atoms with Crippen LogP contribution in [0.2, 0.25) is 0 Å². The third-order valence-corrected chi connectivity index (χ3v) is 4.47. The van der Waals surface area contributed by atoms with Gasteiger partial charge < -0.3 is 10.3 Å². The minimum absolute atomic E-state index is 0.574. The van der Waals surface area contributed by atoms with Gasteiger partial charge >= 0.3 is 0 Å². The van der Waals surface area contributed by atoms with Gasteiger partial charge in [0.2, 0.25) is 0 Å². The normalized spacial score (nSPS) is 16.0. The SMILES string of the molecule is CCCn1c(C2CCCC2)nc(-c2cn(C)nc2C)c1N. The maximum atomic E-state index is 6.43. The van der Waals surface area contributed by atoms with Crippen LogP contribution < -0.4 is 5.73 Å². The van der Waals surface area contributed by atoms with Gasteiger partial charge in [-0.3, -0.25) is 4.68 Å². The summed E-state index contributed by atoms with van der Waals surface area (Å²) in [5, 5.41) is 4.42. The maximum absolute atomic E-state index is 6.43. The first-order valence-corrected chi connectivity index (χ1v) is 7.98. The molecule has 1 aliphatic rings. The molecule has 1 aliphatic carbocycles. The van der Waals surface area contributed by atoms with Crippen molar-refractivity contribution in [2.24, 2.45) is 7.05 Å². The zero-order chi connectivity index (χ0) is 15.0. The summed E-state index contributed by atoms with van der Waals surface area (Å²) in [6.07, 6.45) is 8.20. The van der Waals surface area contributed by atoms with Crippen LogP contribution in [0.15, 0.2) is 6.20 Å². The first kappa shape index (κ1) is 14.2. The molecule has 2 heterocycles. The lowest BCUT2D eigenvalue weighted by molar-refractivity contribution is 0.579. The Labute approximate surface area is 126 Å². The van der Waals surface area contributed by atoms with E-state index in [0.717, 1.165) is 35.7 Å². The lowest BCUT2D eigenvalue weighted by Crippen LogP contribution is -2.09. The number of nitrogen functional groups attached to an aromatic ring is 1. The molecule has 3 rings (SSSR count). The number of nitrogens with two attached hydrogens (primary N) is 1. The van der Waals surface area contributed by atoms with Gasteiger partial charge in [-0.1, -0.05) is 19.8 Å². The Morgan fingerprint density at radius 3 is 2.62 bits per heavy atom. The smallest absolute Gasteiger partial charge is 0.131 e. The van der Waals surface area contributed by atoms with Gasteiger partial charge in [-0.05, 0) is 26.2 Å². The molecular weight excluding hydrogens is 262 g/mol. The van der Waals surface area contributed by atoms with Crippen molar-refractivity contribution in [3.05, 3.63) is 17.7 Å². The molecule has 0 atom stereocenters. The second-order valence-corrected chi connectivity index (χ2v) is 6.14. The minimum atomic E-state index is 0.574. The van der Waals surface area contributed by atoms with Crippen molar-refractivity contribution in [2.45, 2.75) is 58.4 Å². The Hall–Kier alpha value is -1.78. The molecular formula is C16H25N5. The first-order valence-electron chi connectivity index (χ1n) is 7.98. The molecule has 2 aromatic heterocycles. The Balaban J connectivity index is 2.09. The fourth-order valence-corrected chi connectivity index (χ4v) is 3.47. The van der Waals surface area contributed by atoms with Crippen molar-refractivity contribution in [3.63, 3.8) is 0 Å². The van der Waals surface area contributed by atoms with E-state index in [9.17, 15) is 0 Å². The molecule has 5 nitrogen and oxygen atoms in total. The molecule has 0 unspecified atom stereocenters. The second kappa shape index (κ2) is 5.54. The lowest BCUT2D eigenvalue weighted by atomic mass is 10.1. The van der Waals surface area contributed by atoms with Gasteiger partial charge in [0.25, 0.3) is 0 Å². The molecule has 21 heavy (non-hydrogen) atoms. The monoisotopic (exact) mass is 287 g/mol. The summed E-state index contributed by atoms with van der Waals surface area (Å²) >= 11 is 0. The largest absolute Gasteiger partial charge is 0.383 e. The van der Waals surface area contributed by atoms with Gasteiger partial charge in [0.1, 0.15) is 17.3 Å². The topological polar surface area (TPSA) is 61.7 Å². The highest BCUT2D eigenvalue weighted by atomic mass is 15.3. The highest BCUT2D eigenvalue weighted by molar-refractivity contribution is 5.72. The summed E-state index contributed by atoms with van der Waals surface area (Å²) in [5.41, 5.74) is 9.39. The summed E-state index contributed by atoms with van der Waals surface area (Å²) in [5.74, 6) is 2.56. The van der Waals surface area contributed by atoms with E-state index < -0.39 is 0 Å². The number of hydrogen-bond acceptors (Lipinski definition) is 3. The summed E-state index contributed by atoms with van der Waals surface area (Å²) in [4.78, 5) is 4.94. The molecule has 0 saturated heterocycles. The highest BCUT2D eigenvalue weighted by Gasteiger charge is 2.26. The van der Waals surface area contributed by atoms with E-state index in [1.165, 1.54) is 31.5 Å². The standard InChI is InChI=1S/C16H25N5/c1-4-9-21-15(17)14(13-10-20(3)19-11(13)2)18-16(21)12-7-5-6-8-12/h10,12H,4-9,17H2,1-3H3. The van der Waals surface area contributed by atoms with E-state index in [4.69, 9.17) is 10.7 Å². The molecule has 1 saturated carbocycles. The van der Waals surface area contributed by atoms with Crippen molar-refractivity contribution in [1.82, 2.24) is 19.3 Å². The Kier molecular flexibility index (Phi) is 3.74. The number of hydrogen-bond donors (Lipinski definition) is 1. The number of aryl methyl sites for hydroxylation is 2. The number of rotatable bonds is 4. The summed E-state index contributed by atoms with van der Waals surface area (Å²) < 4.78 is 4.07. The Morgan fingerprint density at radius 2 is 2.05 bits per heavy atom. The Morgan fingerprint density at radius 1 is 1.33 bits per heavy atom. The zero-order valence-corrected chi connectivity index (χ0v) is 13.3. The van der Waals surface area contributed by atoms with Crippen molar-refractivity contribution < 1.29 is 0 Å². The average Bonchev–Trinajstić information content (AvgIpc) is 3.13. The fraction of sp³-hybridized carbons (Fsp3) is 0.625. The van der Waals surface area contributed by atoms with Gasteiger partial charge in [-0.2, -0.15) is 5.10 Å². The van der Waals surface area contributed by atoms with Crippen LogP contribution in [0, 0.1) is 6.92 Å². The van der Waals surface area contributed by atoms with E-state index in [0.29, 0.717) is 5.92 Å². The zero-order valence-electron chi connectivity index (χ0n) is 13.3. The maximum Gasteiger partial charge on any atom is 0.131 e. The number of aromatic nitrogens is 4. The van der Waals surface area contributed by atoms with Crippen LogP contribution in [0.5, 0.6) is 0 Å². The molecule has 2 N–H and O–H groups in total. The van der Waals surface area contributed by atoms with Gasteiger partial charge in [0, 0.05) is 31.3 Å². The molecule has 5 heteroatoms. The molecule has 0 radical (unpaired) electrons. The van der Waals surface area contributed by atoms with E-state index in [1.54, 1.807) is 0 Å². The Bertz CT molecular complexity index is 631. The van der Waals surface area contributed by atoms with Crippen molar-refractivity contribution >= 4 is 5.82 Å². The molecule has 1 fully saturated rings. The molecule has 2 aromatic rings. The van der Waals surface area contributed by atoms with Crippen molar-refractivity contribution in [1.29, 1.82) is 0 Å². The van der Waals surface area contributed by atoms with Crippen LogP contribution >= 0.6 is 0 Å². The summed E-state index contributed by atoms with van der Waals surface area (Å²) in [6.45, 7) is 5.15. The predicted molar refractivity (Wildman–Crippen MR) is 85.1 cm³/mol. The van der Waals surface area contributed by atoms with Crippen LogP contribution in [0.3, 0.4) is 0 Å². The predicted octanol–water partition coefficient (Wildman–Crippen LogP) is 3.24.